The second-order valence-corrected chi connectivity index (χ2v) is 4.60. The molecule has 0 fully saturated rings. The van der Waals surface area contributed by atoms with E-state index < -0.39 is 0 Å². The summed E-state index contributed by atoms with van der Waals surface area (Å²) in [5.74, 6) is 0.523. The summed E-state index contributed by atoms with van der Waals surface area (Å²) in [6.07, 6.45) is 3.60. The van der Waals surface area contributed by atoms with Crippen LogP contribution in [0.2, 0.25) is 0 Å². The summed E-state index contributed by atoms with van der Waals surface area (Å²) in [6.45, 7) is 3.10. The molecule has 1 N–H and O–H groups in total. The number of rotatable bonds is 5. The Labute approximate surface area is 112 Å². The molecule has 0 saturated carbocycles. The number of hydrogen-bond acceptors (Lipinski definition) is 4. The number of aromatic nitrogens is 4. The van der Waals surface area contributed by atoms with Crippen LogP contribution in [-0.4, -0.2) is 26.2 Å². The fraction of sp³-hybridized carbons (Fsp3) is 0.500. The summed E-state index contributed by atoms with van der Waals surface area (Å²) in [5, 5.41) is 4.26. The number of hydrogen-bond donors (Lipinski definition) is 1. The molecule has 92 valence electrons. The highest BCUT2D eigenvalue weighted by Crippen LogP contribution is 2.03. The highest BCUT2D eigenvalue weighted by Gasteiger charge is 2.07. The summed E-state index contributed by atoms with van der Waals surface area (Å²) in [7, 11) is 0. The first kappa shape index (κ1) is 12.5. The van der Waals surface area contributed by atoms with Crippen LogP contribution < -0.4 is 5.56 Å². The lowest BCUT2D eigenvalue weighted by Crippen LogP contribution is -2.17. The van der Waals surface area contributed by atoms with Crippen molar-refractivity contribution in [3.8, 4) is 0 Å². The summed E-state index contributed by atoms with van der Waals surface area (Å²) in [5.41, 5.74) is 0.260. The van der Waals surface area contributed by atoms with Crippen molar-refractivity contribution in [2.75, 3.05) is 6.61 Å². The van der Waals surface area contributed by atoms with Gasteiger partial charge in [-0.05, 0) is 6.42 Å². The van der Waals surface area contributed by atoms with Crippen molar-refractivity contribution in [1.82, 2.24) is 19.6 Å². The van der Waals surface area contributed by atoms with Gasteiger partial charge in [-0.1, -0.05) is 13.3 Å². The van der Waals surface area contributed by atoms with Crippen LogP contribution in [0.1, 0.15) is 25.6 Å². The van der Waals surface area contributed by atoms with Gasteiger partial charge in [0.1, 0.15) is 6.61 Å². The van der Waals surface area contributed by atoms with E-state index in [1.807, 2.05) is 22.6 Å². The zero-order valence-corrected chi connectivity index (χ0v) is 11.6. The maximum atomic E-state index is 11.7. The molecule has 0 aliphatic carbocycles. The standard InChI is InChI=1S/C10H13IN4O2/c1-2-3-4-17-6-8-13-9(16)7-5-12-10(11)15(7)14-8/h5H,2-4,6H2,1H3,(H,13,14,16). The Bertz CT molecular complexity index is 563. The fourth-order valence-electron chi connectivity index (χ4n) is 1.39. The third-order valence-corrected chi connectivity index (χ3v) is 3.02. The first-order chi connectivity index (χ1) is 8.22. The van der Waals surface area contributed by atoms with E-state index in [9.17, 15) is 4.79 Å². The summed E-state index contributed by atoms with van der Waals surface area (Å²) >= 11 is 2.03. The predicted molar refractivity (Wildman–Crippen MR) is 70.9 cm³/mol. The molecule has 0 bridgehead atoms. The number of imidazole rings is 1. The maximum Gasteiger partial charge on any atom is 0.277 e. The van der Waals surface area contributed by atoms with Gasteiger partial charge in [-0.2, -0.15) is 0 Å². The number of ether oxygens (including phenoxy) is 1. The molecule has 17 heavy (non-hydrogen) atoms. The average Bonchev–Trinajstić information content (AvgIpc) is 2.68. The van der Waals surface area contributed by atoms with Crippen LogP contribution in [0, 0.1) is 3.83 Å². The van der Waals surface area contributed by atoms with E-state index >= 15 is 0 Å². The lowest BCUT2D eigenvalue weighted by Gasteiger charge is -2.03. The summed E-state index contributed by atoms with van der Waals surface area (Å²) < 4.78 is 7.60. The van der Waals surface area contributed by atoms with Gasteiger partial charge < -0.3 is 9.72 Å². The number of nitrogens with one attached hydrogen (secondary N) is 1. The number of H-pyrrole nitrogens is 1. The SMILES string of the molecule is CCCCOCc1nn2c(I)ncc2c(=O)[nH]1. The third-order valence-electron chi connectivity index (χ3n) is 2.29. The van der Waals surface area contributed by atoms with Gasteiger partial charge in [-0.3, -0.25) is 4.79 Å². The van der Waals surface area contributed by atoms with E-state index in [1.165, 1.54) is 10.7 Å². The minimum Gasteiger partial charge on any atom is -0.373 e. The zero-order valence-electron chi connectivity index (χ0n) is 9.44. The Morgan fingerprint density at radius 2 is 2.41 bits per heavy atom. The van der Waals surface area contributed by atoms with Crippen LogP contribution in [0.25, 0.3) is 5.52 Å². The minimum atomic E-state index is -0.190. The number of nitrogens with zero attached hydrogens (tertiary/aromatic N) is 3. The number of fused-ring (bicyclic) bond motifs is 1. The van der Waals surface area contributed by atoms with Crippen LogP contribution in [0.5, 0.6) is 0 Å². The molecular formula is C10H13IN4O2. The molecule has 0 aliphatic heterocycles. The molecular weight excluding hydrogens is 335 g/mol. The highest BCUT2D eigenvalue weighted by atomic mass is 127. The van der Waals surface area contributed by atoms with E-state index in [2.05, 4.69) is 22.0 Å². The predicted octanol–water partition coefficient (Wildman–Crippen LogP) is 1.34. The van der Waals surface area contributed by atoms with Gasteiger partial charge in [-0.15, -0.1) is 5.10 Å². The molecule has 2 rings (SSSR count). The molecule has 0 saturated heterocycles. The van der Waals surface area contributed by atoms with E-state index in [0.29, 0.717) is 28.4 Å². The quantitative estimate of drug-likeness (QED) is 0.654. The van der Waals surface area contributed by atoms with Crippen molar-refractivity contribution in [3.05, 3.63) is 26.2 Å². The Kier molecular flexibility index (Phi) is 4.11. The van der Waals surface area contributed by atoms with Gasteiger partial charge in [0.05, 0.1) is 6.20 Å². The van der Waals surface area contributed by atoms with Crippen molar-refractivity contribution >= 4 is 28.1 Å². The molecule has 7 heteroatoms. The Morgan fingerprint density at radius 3 is 3.18 bits per heavy atom. The van der Waals surface area contributed by atoms with Crippen LogP contribution in [-0.2, 0) is 11.3 Å². The van der Waals surface area contributed by atoms with E-state index in [-0.39, 0.29) is 5.56 Å². The van der Waals surface area contributed by atoms with Gasteiger partial charge in [0.25, 0.3) is 5.56 Å². The topological polar surface area (TPSA) is 72.3 Å². The Morgan fingerprint density at radius 1 is 1.59 bits per heavy atom. The normalized spacial score (nSPS) is 11.2. The highest BCUT2D eigenvalue weighted by molar-refractivity contribution is 14.1. The molecule has 2 aromatic heterocycles. The van der Waals surface area contributed by atoms with Crippen molar-refractivity contribution in [1.29, 1.82) is 0 Å². The molecule has 2 heterocycles. The molecule has 0 aromatic carbocycles. The van der Waals surface area contributed by atoms with Gasteiger partial charge >= 0.3 is 0 Å². The van der Waals surface area contributed by atoms with Crippen molar-refractivity contribution in [2.24, 2.45) is 0 Å². The molecule has 0 aliphatic rings. The number of unbranched alkanes of at least 4 members (excludes halogenated alkanes) is 1. The molecule has 6 nitrogen and oxygen atoms in total. The molecule has 0 spiro atoms. The van der Waals surface area contributed by atoms with E-state index in [0.717, 1.165) is 12.8 Å². The number of aromatic amines is 1. The lowest BCUT2D eigenvalue weighted by molar-refractivity contribution is 0.111. The molecule has 0 amide bonds. The van der Waals surface area contributed by atoms with Crippen molar-refractivity contribution in [2.45, 2.75) is 26.4 Å². The second-order valence-electron chi connectivity index (χ2n) is 3.63. The average molecular weight is 348 g/mol. The lowest BCUT2D eigenvalue weighted by atomic mass is 10.4. The fourth-order valence-corrected chi connectivity index (χ4v) is 1.90. The van der Waals surface area contributed by atoms with Gasteiger partial charge in [0, 0.05) is 29.2 Å². The monoisotopic (exact) mass is 348 g/mol. The molecule has 0 atom stereocenters. The first-order valence-electron chi connectivity index (χ1n) is 5.42. The van der Waals surface area contributed by atoms with E-state index in [1.54, 1.807) is 0 Å². The third kappa shape index (κ3) is 2.83. The van der Waals surface area contributed by atoms with Crippen molar-refractivity contribution in [3.63, 3.8) is 0 Å². The summed E-state index contributed by atoms with van der Waals surface area (Å²) in [6, 6.07) is 0. The molecule has 2 aromatic rings. The van der Waals surface area contributed by atoms with Gasteiger partial charge in [0.2, 0.25) is 0 Å². The number of halogens is 1. The van der Waals surface area contributed by atoms with Crippen LogP contribution >= 0.6 is 22.6 Å². The Hall–Kier alpha value is -0.960. The first-order valence-corrected chi connectivity index (χ1v) is 6.50. The van der Waals surface area contributed by atoms with Crippen LogP contribution in [0.3, 0.4) is 0 Å². The molecule has 0 radical (unpaired) electrons. The maximum absolute atomic E-state index is 11.7. The largest absolute Gasteiger partial charge is 0.373 e. The van der Waals surface area contributed by atoms with Crippen molar-refractivity contribution < 1.29 is 4.74 Å². The van der Waals surface area contributed by atoms with Crippen LogP contribution in [0.15, 0.2) is 11.0 Å². The van der Waals surface area contributed by atoms with Crippen LogP contribution in [0.4, 0.5) is 0 Å². The summed E-state index contributed by atoms with van der Waals surface area (Å²) in [4.78, 5) is 18.4. The second kappa shape index (κ2) is 5.58. The smallest absolute Gasteiger partial charge is 0.277 e. The van der Waals surface area contributed by atoms with Gasteiger partial charge in [-0.25, -0.2) is 9.50 Å². The molecule has 0 unspecified atom stereocenters. The minimum absolute atomic E-state index is 0.190. The van der Waals surface area contributed by atoms with E-state index in [4.69, 9.17) is 4.74 Å². The zero-order chi connectivity index (χ0) is 12.3. The van der Waals surface area contributed by atoms with Gasteiger partial charge in [0.15, 0.2) is 15.2 Å². The Balaban J connectivity index is 2.18.